The molecule has 3 saturated heterocycles. The smallest absolute Gasteiger partial charge is 0.335 e. The fourth-order valence-electron chi connectivity index (χ4n) is 9.87. The van der Waals surface area contributed by atoms with E-state index in [1.54, 1.807) is 32.9 Å². The van der Waals surface area contributed by atoms with Gasteiger partial charge in [0.1, 0.15) is 23.9 Å². The number of fused-ring (bicyclic) bond motifs is 2. The summed E-state index contributed by atoms with van der Waals surface area (Å²) < 4.78 is 36.0. The van der Waals surface area contributed by atoms with Gasteiger partial charge < -0.3 is 38.3 Å². The summed E-state index contributed by atoms with van der Waals surface area (Å²) in [6.45, 7) is 11.5. The van der Waals surface area contributed by atoms with Gasteiger partial charge in [-0.05, 0) is 29.7 Å². The van der Waals surface area contributed by atoms with Crippen LogP contribution in [0.5, 0.6) is 0 Å². The molecular weight excluding hydrogens is 608 g/mol. The van der Waals surface area contributed by atoms with E-state index in [0.29, 0.717) is 11.1 Å². The minimum atomic E-state index is -2.12. The molecule has 1 spiro atoms. The maximum absolute atomic E-state index is 13.5. The molecule has 0 unspecified atom stereocenters. The van der Waals surface area contributed by atoms with Crippen LogP contribution in [-0.4, -0.2) is 71.0 Å². The Morgan fingerprint density at radius 2 is 1.81 bits per heavy atom. The second kappa shape index (κ2) is 10.4. The van der Waals surface area contributed by atoms with Gasteiger partial charge in [0.05, 0.1) is 37.6 Å². The molecule has 5 aliphatic rings. The maximum Gasteiger partial charge on any atom is 0.335 e. The molecule has 11 atom stereocenters. The minimum absolute atomic E-state index is 0.216. The van der Waals surface area contributed by atoms with E-state index in [-0.39, 0.29) is 12.8 Å². The Labute approximate surface area is 272 Å². The second-order valence-electron chi connectivity index (χ2n) is 14.6. The number of aliphatic hydroxyl groups is 2. The maximum atomic E-state index is 13.5. The van der Waals surface area contributed by atoms with Gasteiger partial charge in [-0.3, -0.25) is 4.79 Å². The Morgan fingerprint density at radius 1 is 1.09 bits per heavy atom. The number of benzene rings is 1. The molecule has 1 aromatic heterocycles. The molecule has 250 valence electrons. The van der Waals surface area contributed by atoms with Crippen LogP contribution in [0.25, 0.3) is 6.08 Å². The van der Waals surface area contributed by atoms with E-state index in [4.69, 9.17) is 28.1 Å². The topological polar surface area (TPSA) is 151 Å². The number of ether oxygens (including phenoxy) is 5. The molecule has 2 aromatic rings. The molecule has 11 heteroatoms. The molecule has 5 fully saturated rings. The summed E-state index contributed by atoms with van der Waals surface area (Å²) in [6.07, 6.45) is -0.398. The summed E-state index contributed by atoms with van der Waals surface area (Å²) in [5.74, 6) is -5.85. The van der Waals surface area contributed by atoms with E-state index in [1.165, 1.54) is 25.7 Å². The fraction of sp³-hybridized carbons (Fsp3) is 0.528. The minimum Gasteiger partial charge on any atom is -0.472 e. The molecule has 0 amide bonds. The fourth-order valence-corrected chi connectivity index (χ4v) is 9.87. The van der Waals surface area contributed by atoms with Crippen LogP contribution in [0.2, 0.25) is 0 Å². The normalized spacial score (nSPS) is 43.1. The van der Waals surface area contributed by atoms with Crippen LogP contribution in [0.15, 0.2) is 71.6 Å². The first-order valence-corrected chi connectivity index (χ1v) is 15.8. The van der Waals surface area contributed by atoms with Gasteiger partial charge >= 0.3 is 17.9 Å². The molecule has 3 aliphatic heterocycles. The van der Waals surface area contributed by atoms with Gasteiger partial charge in [-0.15, -0.1) is 0 Å². The second-order valence-corrected chi connectivity index (χ2v) is 14.6. The number of methoxy groups -OCH3 is 1. The lowest BCUT2D eigenvalue weighted by molar-refractivity contribution is -0.336. The van der Waals surface area contributed by atoms with Crippen molar-refractivity contribution in [3.63, 3.8) is 0 Å². The molecule has 7 rings (SSSR count). The van der Waals surface area contributed by atoms with Crippen molar-refractivity contribution in [1.82, 2.24) is 0 Å². The van der Waals surface area contributed by atoms with Gasteiger partial charge in [-0.2, -0.15) is 0 Å². The lowest BCUT2D eigenvalue weighted by Crippen LogP contribution is -2.72. The Balaban J connectivity index is 1.37. The molecule has 2 saturated carbocycles. The third-order valence-corrected chi connectivity index (χ3v) is 12.0. The van der Waals surface area contributed by atoms with Crippen LogP contribution in [-0.2, 0) is 38.1 Å². The van der Waals surface area contributed by atoms with Crippen molar-refractivity contribution in [2.75, 3.05) is 7.11 Å². The van der Waals surface area contributed by atoms with Gasteiger partial charge in [0.2, 0.25) is 0 Å². The van der Waals surface area contributed by atoms with Gasteiger partial charge in [0.15, 0.2) is 11.9 Å². The number of carbonyl (C=O) groups is 3. The van der Waals surface area contributed by atoms with Crippen LogP contribution < -0.4 is 0 Å². The number of esters is 3. The van der Waals surface area contributed by atoms with Crippen LogP contribution in [0.4, 0.5) is 0 Å². The van der Waals surface area contributed by atoms with Crippen LogP contribution >= 0.6 is 0 Å². The van der Waals surface area contributed by atoms with Crippen molar-refractivity contribution < 1.29 is 52.7 Å². The number of hydrogen-bond donors (Lipinski definition) is 2. The SMILES string of the molecule is C=C1[C@@H]2C[C@@]3(C)[C@H](c4ccoc4)OC(=O)C[C@@]13O[C@H]1[C@H](O)[C@@H](OC(=O)/C=C\c3ccccc3)C(C)(C)[C@@H]3[C@H](C(=O)OC)O[C@]2(O)[C@@]13C. The highest BCUT2D eigenvalue weighted by molar-refractivity contribution is 5.87. The van der Waals surface area contributed by atoms with Crippen LogP contribution in [0, 0.1) is 28.1 Å². The van der Waals surface area contributed by atoms with Gasteiger partial charge in [0.25, 0.3) is 0 Å². The predicted molar refractivity (Wildman–Crippen MR) is 164 cm³/mol. The standard InChI is InChI=1S/C36H40O11/c1-19-22-16-33(4)28(21-14-15-43-18-21)45-24(38)17-35(19,33)47-30-25(39)29(44-23(37)13-12-20-10-8-7-9-11-20)32(2,3)27-26(31(40)42-6)46-36(22,41)34(27,30)5/h7-15,18,22,25-30,39,41H,1,16-17H2,2-6H3/b13-12-/t22-,25+,26+,27-,28-,29+,30-,33-,34+,35+,36-/m0/s1. The first kappa shape index (κ1) is 31.8. The molecule has 11 nitrogen and oxygen atoms in total. The average Bonchev–Trinajstić information content (AvgIpc) is 3.70. The van der Waals surface area contributed by atoms with Gasteiger partial charge in [0, 0.05) is 34.3 Å². The zero-order chi connectivity index (χ0) is 33.7. The van der Waals surface area contributed by atoms with E-state index in [9.17, 15) is 24.6 Å². The summed E-state index contributed by atoms with van der Waals surface area (Å²) >= 11 is 0. The van der Waals surface area contributed by atoms with Gasteiger partial charge in [-0.1, -0.05) is 64.6 Å². The van der Waals surface area contributed by atoms with Crippen molar-refractivity contribution in [2.24, 2.45) is 28.1 Å². The summed E-state index contributed by atoms with van der Waals surface area (Å²) in [7, 11) is 1.23. The van der Waals surface area contributed by atoms with E-state index < -0.39 is 87.9 Å². The highest BCUT2D eigenvalue weighted by Crippen LogP contribution is 2.76. The molecule has 2 aliphatic carbocycles. The lowest BCUT2D eigenvalue weighted by atomic mass is 9.49. The molecule has 0 radical (unpaired) electrons. The monoisotopic (exact) mass is 648 g/mol. The number of hydrogen-bond acceptors (Lipinski definition) is 11. The molecular formula is C36H40O11. The van der Waals surface area contributed by atoms with Crippen molar-refractivity contribution in [3.8, 4) is 0 Å². The number of aliphatic hydroxyl groups excluding tert-OH is 1. The third kappa shape index (κ3) is 4.03. The number of rotatable bonds is 5. The van der Waals surface area contributed by atoms with Crippen LogP contribution in [0.3, 0.4) is 0 Å². The number of cyclic esters (lactones) is 1. The first-order valence-electron chi connectivity index (χ1n) is 15.8. The summed E-state index contributed by atoms with van der Waals surface area (Å²) in [4.78, 5) is 40.2. The summed E-state index contributed by atoms with van der Waals surface area (Å²) in [6, 6.07) is 10.9. The van der Waals surface area contributed by atoms with Crippen molar-refractivity contribution in [3.05, 3.63) is 78.3 Å². The molecule has 2 bridgehead atoms. The zero-order valence-electron chi connectivity index (χ0n) is 27.0. The van der Waals surface area contributed by atoms with E-state index in [0.717, 1.165) is 5.56 Å². The Hall–Kier alpha value is -3.77. The molecule has 4 heterocycles. The molecule has 47 heavy (non-hydrogen) atoms. The van der Waals surface area contributed by atoms with Crippen molar-refractivity contribution in [1.29, 1.82) is 0 Å². The van der Waals surface area contributed by atoms with Crippen molar-refractivity contribution >= 4 is 24.0 Å². The average molecular weight is 649 g/mol. The Morgan fingerprint density at radius 3 is 2.47 bits per heavy atom. The highest BCUT2D eigenvalue weighted by atomic mass is 16.7. The molecule has 2 N–H and O–H groups in total. The van der Waals surface area contributed by atoms with Crippen LogP contribution in [0.1, 0.15) is 57.8 Å². The zero-order valence-corrected chi connectivity index (χ0v) is 27.0. The number of furan rings is 1. The Bertz CT molecular complexity index is 1650. The lowest BCUT2D eigenvalue weighted by Gasteiger charge is -2.61. The highest BCUT2D eigenvalue weighted by Gasteiger charge is 2.84. The largest absolute Gasteiger partial charge is 0.472 e. The van der Waals surface area contributed by atoms with E-state index >= 15 is 0 Å². The Kier molecular flexibility index (Phi) is 7.01. The summed E-state index contributed by atoms with van der Waals surface area (Å²) in [5, 5.41) is 25.3. The molecule has 1 aromatic carbocycles. The van der Waals surface area contributed by atoms with E-state index in [1.807, 2.05) is 37.3 Å². The summed E-state index contributed by atoms with van der Waals surface area (Å²) in [5.41, 5.74) is -3.30. The van der Waals surface area contributed by atoms with Gasteiger partial charge in [-0.25, -0.2) is 9.59 Å². The quantitative estimate of drug-likeness (QED) is 0.210. The predicted octanol–water partition coefficient (Wildman–Crippen LogP) is 3.90. The first-order chi connectivity index (χ1) is 22.2. The van der Waals surface area contributed by atoms with E-state index in [2.05, 4.69) is 6.58 Å². The third-order valence-electron chi connectivity index (χ3n) is 12.0. The number of carbonyl (C=O) groups excluding carboxylic acids is 3. The van der Waals surface area contributed by atoms with Crippen molar-refractivity contribution in [2.45, 2.75) is 82.4 Å².